The van der Waals surface area contributed by atoms with Crippen LogP contribution in [0.15, 0.2) is 273 Å². The zero-order valence-corrected chi connectivity index (χ0v) is 60.8. The Bertz CT molecular complexity index is 4680. The average Bonchev–Trinajstić information content (AvgIpc) is 0.770. The van der Waals surface area contributed by atoms with Gasteiger partial charge in [-0.05, 0) is 116 Å². The lowest BCUT2D eigenvalue weighted by Gasteiger charge is -2.49. The van der Waals surface area contributed by atoms with E-state index in [2.05, 4.69) is 0 Å². The zero-order chi connectivity index (χ0) is 78.0. The number of hydrogen-bond donors (Lipinski definition) is 1. The van der Waals surface area contributed by atoms with Crippen molar-refractivity contribution >= 4 is 94.4 Å². The second-order valence-electron chi connectivity index (χ2n) is 25.0. The number of carbonyl (C=O) groups is 9. The minimum Gasteiger partial charge on any atom is -0.459 e. The number of ether oxygens (including phenoxy) is 15. The first kappa shape index (κ1) is 78.9. The topological polar surface area (TPSA) is 316 Å². The average molecular weight is 1570 g/mol. The molecule has 3 heterocycles. The first-order chi connectivity index (χ1) is 53.7. The molecule has 25 nitrogen and oxygen atoms in total. The molecule has 3 aliphatic rings. The van der Waals surface area contributed by atoms with Gasteiger partial charge in [0.1, 0.15) is 24.9 Å². The van der Waals surface area contributed by atoms with E-state index >= 15 is 9.59 Å². The Balaban J connectivity index is 1.01. The fraction of sp³-hybridized carbons (Fsp3) is 0.229. The highest BCUT2D eigenvalue weighted by Gasteiger charge is 2.60. The molecular weight excluding hydrogens is 1500 g/mol. The molecule has 0 amide bonds. The van der Waals surface area contributed by atoms with Crippen LogP contribution in [0.2, 0.25) is 0 Å². The molecule has 0 radical (unpaired) electrons. The largest absolute Gasteiger partial charge is 0.459 e. The van der Waals surface area contributed by atoms with Crippen molar-refractivity contribution in [3.8, 4) is 0 Å². The molecule has 3 fully saturated rings. The molecule has 12 rings (SSSR count). The van der Waals surface area contributed by atoms with Gasteiger partial charge < -0.3 is 71.1 Å². The number of carbonyl (C=O) groups excluding carboxylic acids is 9. The molecule has 0 saturated carbocycles. The van der Waals surface area contributed by atoms with Gasteiger partial charge in [-0.2, -0.15) is 0 Å². The molecule has 28 heteroatoms. The minimum absolute atomic E-state index is 0.00183. The highest BCUT2D eigenvalue weighted by Crippen LogP contribution is 2.40. The second kappa shape index (κ2) is 37.2. The third-order valence-electron chi connectivity index (χ3n) is 17.5. The van der Waals surface area contributed by atoms with Gasteiger partial charge in [0.2, 0.25) is 18.3 Å². The van der Waals surface area contributed by atoms with Crippen LogP contribution in [0.1, 0.15) is 100 Å². The summed E-state index contributed by atoms with van der Waals surface area (Å²) in [6, 6.07) is 68.0. The molecule has 570 valence electrons. The molecule has 0 unspecified atom stereocenters. The Morgan fingerprint density at radius 1 is 0.288 bits per heavy atom. The highest BCUT2D eigenvalue weighted by molar-refractivity contribution is 6.76. The van der Waals surface area contributed by atoms with Gasteiger partial charge in [0, 0.05) is 0 Å². The standard InChI is InChI=1S/C83H68Cl3NO24/c1-49-61(102-71(89)51-31-13-3-14-32-51)64(104-73(91)53-35-17-5-18-36-53)68(108-77(95)57-43-25-9-26-44-57)80(99-49)110-63-59(47-97-70(88)50-29-11-2-12-30-50)100-79(67(107-76(94)56-41-23-8-24-42-56)66(63)106-75(93)55-39-21-7-22-40-55)98-48-60-62(103-72(90)52-33-15-4-16-34-52)65(105-74(92)54-37-19-6-20-38-54)69(81(101-60)111-82(87)83(84,85)86)109-78(96)58-45-27-10-28-46-58/h2-46,49,59-69,79-81,87H,47-48H2,1H3/t49-,59+,60+,61-,62+,63+,64+,65-,66-,67+,68+,69+,79+,80-,81+/m0/s1. The van der Waals surface area contributed by atoms with Gasteiger partial charge in [0.25, 0.3) is 3.79 Å². The number of hydrogen-bond acceptors (Lipinski definition) is 25. The summed E-state index contributed by atoms with van der Waals surface area (Å²) >= 11 is 18.8. The molecule has 111 heavy (non-hydrogen) atoms. The molecule has 15 atom stereocenters. The summed E-state index contributed by atoms with van der Waals surface area (Å²) in [5.41, 5.74) is -0.355. The monoisotopic (exact) mass is 1570 g/mol. The van der Waals surface area contributed by atoms with Gasteiger partial charge in [-0.25, -0.2) is 43.2 Å². The summed E-state index contributed by atoms with van der Waals surface area (Å²) in [6.07, 6.45) is -29.6. The Hall–Kier alpha value is -11.7. The van der Waals surface area contributed by atoms with Crippen LogP contribution in [-0.4, -0.2) is 169 Å². The molecule has 0 aliphatic carbocycles. The van der Waals surface area contributed by atoms with Crippen molar-refractivity contribution in [3.63, 3.8) is 0 Å². The van der Waals surface area contributed by atoms with Crippen molar-refractivity contribution < 1.29 is 114 Å². The lowest BCUT2D eigenvalue weighted by Crippen LogP contribution is -2.67. The van der Waals surface area contributed by atoms with Crippen molar-refractivity contribution in [2.75, 3.05) is 13.2 Å². The lowest BCUT2D eigenvalue weighted by atomic mass is 9.95. The molecule has 1 N–H and O–H groups in total. The van der Waals surface area contributed by atoms with Crippen LogP contribution in [0.5, 0.6) is 0 Å². The summed E-state index contributed by atoms with van der Waals surface area (Å²) in [6.45, 7) is -0.488. The summed E-state index contributed by atoms with van der Waals surface area (Å²) in [5.74, 6) is -10.6. The van der Waals surface area contributed by atoms with Crippen LogP contribution >= 0.6 is 34.8 Å². The lowest BCUT2D eigenvalue weighted by molar-refractivity contribution is -0.358. The van der Waals surface area contributed by atoms with Crippen molar-refractivity contribution in [2.24, 2.45) is 0 Å². The fourth-order valence-electron chi connectivity index (χ4n) is 12.1. The summed E-state index contributed by atoms with van der Waals surface area (Å²) in [7, 11) is 0. The van der Waals surface area contributed by atoms with Crippen LogP contribution in [0.25, 0.3) is 0 Å². The van der Waals surface area contributed by atoms with E-state index in [1.807, 2.05) is 0 Å². The maximum Gasteiger partial charge on any atom is 0.338 e. The highest BCUT2D eigenvalue weighted by atomic mass is 35.6. The van der Waals surface area contributed by atoms with E-state index < -0.39 is 169 Å². The first-order valence-electron chi connectivity index (χ1n) is 34.6. The van der Waals surface area contributed by atoms with Gasteiger partial charge in [-0.1, -0.05) is 199 Å². The third kappa shape index (κ3) is 20.2. The number of alkyl halides is 3. The second-order valence-corrected chi connectivity index (χ2v) is 27.3. The normalized spacial score (nSPS) is 23.4. The number of halogens is 3. The van der Waals surface area contributed by atoms with Gasteiger partial charge in [-0.15, -0.1) is 0 Å². The molecule has 3 aliphatic heterocycles. The number of rotatable bonds is 25. The van der Waals surface area contributed by atoms with Gasteiger partial charge >= 0.3 is 53.7 Å². The SMILES string of the molecule is C[C@@H]1O[C@@H](O[C@H]2[C@H](OC(=O)c3ccccc3)[C@@H](OC(=O)c3ccccc3)[C@H](OC[C@H]3O[C@H](OC(=N)C(Cl)(Cl)Cl)[C@H](OC(=O)c4ccccc4)[C@@H](OC(=O)c4ccccc4)[C@@H]3OC(=O)c3ccccc3)O[C@@H]2COC(=O)c2ccccc2)[C@H](OC(=O)c2ccccc2)[C@H](OC(=O)c2ccccc2)[C@H]1OC(=O)c1ccccc1. The van der Waals surface area contributed by atoms with Crippen molar-refractivity contribution in [3.05, 3.63) is 323 Å². The maximum atomic E-state index is 15.2. The number of esters is 9. The van der Waals surface area contributed by atoms with Crippen LogP contribution < -0.4 is 0 Å². The predicted octanol–water partition coefficient (Wildman–Crippen LogP) is 12.6. The Morgan fingerprint density at radius 3 is 0.856 bits per heavy atom. The van der Waals surface area contributed by atoms with E-state index in [1.165, 1.54) is 177 Å². The third-order valence-corrected chi connectivity index (χ3v) is 18.0. The Labute approximate surface area is 649 Å². The van der Waals surface area contributed by atoms with Crippen LogP contribution in [0.3, 0.4) is 0 Å². The molecule has 0 bridgehead atoms. The van der Waals surface area contributed by atoms with Gasteiger partial charge in [-0.3, -0.25) is 5.41 Å². The van der Waals surface area contributed by atoms with E-state index in [-0.39, 0.29) is 50.1 Å². The van der Waals surface area contributed by atoms with Gasteiger partial charge in [0.05, 0.1) is 62.8 Å². The molecule has 9 aromatic rings. The fourth-order valence-corrected chi connectivity index (χ4v) is 12.2. The Morgan fingerprint density at radius 2 is 0.532 bits per heavy atom. The smallest absolute Gasteiger partial charge is 0.338 e. The molecule has 0 spiro atoms. The maximum absolute atomic E-state index is 15.2. The molecule has 9 aromatic carbocycles. The summed E-state index contributed by atoms with van der Waals surface area (Å²) in [4.78, 5) is 132. The van der Waals surface area contributed by atoms with E-state index in [1.54, 1.807) is 103 Å². The van der Waals surface area contributed by atoms with Crippen LogP contribution in [0, 0.1) is 5.41 Å². The zero-order valence-electron chi connectivity index (χ0n) is 58.5. The minimum atomic E-state index is -2.67. The molecule has 0 aromatic heterocycles. The Kier molecular flexibility index (Phi) is 26.4. The van der Waals surface area contributed by atoms with E-state index in [0.717, 1.165) is 0 Å². The van der Waals surface area contributed by atoms with Crippen molar-refractivity contribution in [2.45, 2.75) is 103 Å². The van der Waals surface area contributed by atoms with Crippen molar-refractivity contribution in [1.82, 2.24) is 0 Å². The summed E-state index contributed by atoms with van der Waals surface area (Å²) in [5, 5.41) is 8.87. The quantitative estimate of drug-likeness (QED) is 0.0183. The van der Waals surface area contributed by atoms with Crippen molar-refractivity contribution in [1.29, 1.82) is 5.41 Å². The summed E-state index contributed by atoms with van der Waals surface area (Å²) < 4.78 is 94.1. The number of benzene rings is 9. The van der Waals surface area contributed by atoms with Gasteiger partial charge in [0.15, 0.2) is 55.3 Å². The number of nitrogens with one attached hydrogen (secondary N) is 1. The van der Waals surface area contributed by atoms with Crippen LogP contribution in [0.4, 0.5) is 0 Å². The molecule has 3 saturated heterocycles. The van der Waals surface area contributed by atoms with E-state index in [4.69, 9.17) is 111 Å². The molecular formula is C83H68Cl3NO24. The van der Waals surface area contributed by atoms with E-state index in [9.17, 15) is 33.6 Å². The van der Waals surface area contributed by atoms with Crippen LogP contribution in [-0.2, 0) is 71.1 Å². The predicted molar refractivity (Wildman–Crippen MR) is 393 cm³/mol. The van der Waals surface area contributed by atoms with E-state index in [0.29, 0.717) is 0 Å². The first-order valence-corrected chi connectivity index (χ1v) is 35.7.